The number of anilines is 1. The molecule has 0 spiro atoms. The second kappa shape index (κ2) is 7.08. The average molecular weight is 360 g/mol. The Kier molecular flexibility index (Phi) is 4.32. The maximum atomic E-state index is 6.08. The van der Waals surface area contributed by atoms with Crippen LogP contribution in [0.2, 0.25) is 0 Å². The van der Waals surface area contributed by atoms with Crippen LogP contribution in [0.5, 0.6) is 0 Å². The van der Waals surface area contributed by atoms with Crippen molar-refractivity contribution in [2.24, 2.45) is 10.7 Å². The molecule has 3 heterocycles. The van der Waals surface area contributed by atoms with Crippen molar-refractivity contribution < 1.29 is 4.42 Å². The van der Waals surface area contributed by atoms with Crippen molar-refractivity contribution in [3.63, 3.8) is 0 Å². The van der Waals surface area contributed by atoms with Crippen LogP contribution < -0.4 is 11.1 Å². The van der Waals surface area contributed by atoms with E-state index in [1.54, 1.807) is 24.7 Å². The number of nitrogens with two attached hydrogens (primary N) is 1. The summed E-state index contributed by atoms with van der Waals surface area (Å²) in [6, 6.07) is 7.93. The van der Waals surface area contributed by atoms with Crippen molar-refractivity contribution in [2.45, 2.75) is 6.42 Å². The SMILES string of the molecule is C=C(Cc1ccc2[nH]ncc2c1)Nc1cnccc1C(N)=Nc1nnco1. The van der Waals surface area contributed by atoms with E-state index in [0.717, 1.165) is 22.2 Å². The van der Waals surface area contributed by atoms with Crippen LogP contribution in [0.3, 0.4) is 0 Å². The Labute approximate surface area is 154 Å². The summed E-state index contributed by atoms with van der Waals surface area (Å²) in [5.74, 6) is 0.233. The zero-order valence-electron chi connectivity index (χ0n) is 14.3. The summed E-state index contributed by atoms with van der Waals surface area (Å²) in [5.41, 5.74) is 10.3. The Morgan fingerprint density at radius 2 is 2.22 bits per heavy atom. The quantitative estimate of drug-likeness (QED) is 0.356. The smallest absolute Gasteiger partial charge is 0.344 e. The van der Waals surface area contributed by atoms with Crippen molar-refractivity contribution in [1.82, 2.24) is 25.4 Å². The number of allylic oxidation sites excluding steroid dienone is 1. The van der Waals surface area contributed by atoms with Gasteiger partial charge in [-0.3, -0.25) is 10.1 Å². The van der Waals surface area contributed by atoms with Crippen LogP contribution in [0.1, 0.15) is 11.1 Å². The van der Waals surface area contributed by atoms with Crippen molar-refractivity contribution >= 4 is 28.4 Å². The topological polar surface area (TPSA) is 131 Å². The molecule has 0 aliphatic heterocycles. The van der Waals surface area contributed by atoms with Gasteiger partial charge in [0.1, 0.15) is 5.84 Å². The van der Waals surface area contributed by atoms with Crippen molar-refractivity contribution in [3.8, 4) is 0 Å². The number of hydrogen-bond donors (Lipinski definition) is 3. The van der Waals surface area contributed by atoms with E-state index in [0.29, 0.717) is 17.7 Å². The van der Waals surface area contributed by atoms with Crippen molar-refractivity contribution in [1.29, 1.82) is 0 Å². The van der Waals surface area contributed by atoms with Gasteiger partial charge in [0.05, 0.1) is 23.6 Å². The lowest BCUT2D eigenvalue weighted by atomic mass is 10.1. The van der Waals surface area contributed by atoms with Gasteiger partial charge in [-0.15, -0.1) is 5.10 Å². The molecule has 4 N–H and O–H groups in total. The van der Waals surface area contributed by atoms with E-state index in [1.807, 2.05) is 12.1 Å². The molecule has 9 heteroatoms. The Balaban J connectivity index is 1.52. The molecule has 1 aromatic carbocycles. The van der Waals surface area contributed by atoms with E-state index in [1.165, 1.54) is 6.39 Å². The number of fused-ring (bicyclic) bond motifs is 1. The van der Waals surface area contributed by atoms with Gasteiger partial charge >= 0.3 is 6.01 Å². The number of nitrogens with one attached hydrogen (secondary N) is 2. The highest BCUT2D eigenvalue weighted by Crippen LogP contribution is 2.20. The summed E-state index contributed by atoms with van der Waals surface area (Å²) >= 11 is 0. The Bertz CT molecular complexity index is 1110. The average Bonchev–Trinajstić information content (AvgIpc) is 3.33. The van der Waals surface area contributed by atoms with Gasteiger partial charge in [-0.1, -0.05) is 17.7 Å². The van der Waals surface area contributed by atoms with Crippen LogP contribution in [0.25, 0.3) is 10.9 Å². The van der Waals surface area contributed by atoms with Crippen LogP contribution in [0.4, 0.5) is 11.7 Å². The normalized spacial score (nSPS) is 11.6. The molecule has 27 heavy (non-hydrogen) atoms. The van der Waals surface area contributed by atoms with Crippen LogP contribution in [0, 0.1) is 0 Å². The van der Waals surface area contributed by atoms with Gasteiger partial charge in [0.15, 0.2) is 0 Å². The van der Waals surface area contributed by atoms with E-state index in [2.05, 4.69) is 48.3 Å². The molecule has 3 aromatic heterocycles. The molecular formula is C18H16N8O. The maximum absolute atomic E-state index is 6.08. The molecule has 0 aliphatic carbocycles. The van der Waals surface area contributed by atoms with Crippen LogP contribution in [-0.4, -0.2) is 31.2 Å². The first-order valence-corrected chi connectivity index (χ1v) is 8.10. The summed E-state index contributed by atoms with van der Waals surface area (Å²) < 4.78 is 5.00. The van der Waals surface area contributed by atoms with Gasteiger partial charge in [-0.05, 0) is 23.8 Å². The van der Waals surface area contributed by atoms with E-state index >= 15 is 0 Å². The molecule has 4 aromatic rings. The third kappa shape index (κ3) is 3.66. The third-order valence-electron chi connectivity index (χ3n) is 3.90. The number of nitrogens with zero attached hydrogens (tertiary/aromatic N) is 5. The minimum atomic E-state index is 0.0857. The number of aliphatic imine (C=N–C) groups is 1. The number of aromatic amines is 1. The lowest BCUT2D eigenvalue weighted by molar-refractivity contribution is 0.564. The lowest BCUT2D eigenvalue weighted by Gasteiger charge is -2.13. The molecule has 0 saturated heterocycles. The van der Waals surface area contributed by atoms with Gasteiger partial charge in [-0.2, -0.15) is 10.1 Å². The fourth-order valence-corrected chi connectivity index (χ4v) is 2.68. The number of H-pyrrole nitrogens is 1. The summed E-state index contributed by atoms with van der Waals surface area (Å²) in [5, 5.41) is 18.6. The zero-order valence-corrected chi connectivity index (χ0v) is 14.3. The first-order valence-electron chi connectivity index (χ1n) is 8.10. The first kappa shape index (κ1) is 16.5. The number of hydrogen-bond acceptors (Lipinski definition) is 7. The van der Waals surface area contributed by atoms with Gasteiger partial charge in [0, 0.05) is 29.3 Å². The highest BCUT2D eigenvalue weighted by Gasteiger charge is 2.10. The summed E-state index contributed by atoms with van der Waals surface area (Å²) in [7, 11) is 0. The van der Waals surface area contributed by atoms with E-state index in [9.17, 15) is 0 Å². The largest absolute Gasteiger partial charge is 0.409 e. The molecule has 0 amide bonds. The fraction of sp³-hybridized carbons (Fsp3) is 0.0556. The molecule has 0 atom stereocenters. The molecule has 0 aliphatic rings. The molecule has 9 nitrogen and oxygen atoms in total. The second-order valence-corrected chi connectivity index (χ2v) is 5.84. The molecule has 4 rings (SSSR count). The molecule has 0 radical (unpaired) electrons. The predicted molar refractivity (Wildman–Crippen MR) is 101 cm³/mol. The first-order chi connectivity index (χ1) is 13.2. The molecule has 134 valence electrons. The minimum absolute atomic E-state index is 0.0857. The summed E-state index contributed by atoms with van der Waals surface area (Å²) in [6.45, 7) is 4.11. The number of pyridine rings is 1. The highest BCUT2D eigenvalue weighted by molar-refractivity contribution is 6.03. The minimum Gasteiger partial charge on any atom is -0.409 e. The number of benzene rings is 1. The zero-order chi connectivity index (χ0) is 18.6. The predicted octanol–water partition coefficient (Wildman–Crippen LogP) is 2.55. The van der Waals surface area contributed by atoms with Gasteiger partial charge in [0.2, 0.25) is 6.39 Å². The van der Waals surface area contributed by atoms with Crippen LogP contribution >= 0.6 is 0 Å². The van der Waals surface area contributed by atoms with E-state index in [-0.39, 0.29) is 11.9 Å². The Morgan fingerprint density at radius 1 is 1.30 bits per heavy atom. The second-order valence-electron chi connectivity index (χ2n) is 5.84. The molecule has 0 saturated carbocycles. The fourth-order valence-electron chi connectivity index (χ4n) is 2.68. The summed E-state index contributed by atoms with van der Waals surface area (Å²) in [4.78, 5) is 8.26. The van der Waals surface area contributed by atoms with E-state index in [4.69, 9.17) is 10.2 Å². The van der Waals surface area contributed by atoms with Gasteiger partial charge in [-0.25, -0.2) is 0 Å². The Hall–Kier alpha value is -4.01. The standard InChI is InChI=1S/C18H16N8O/c1-11(6-12-2-3-15-13(7-12)8-21-25-15)23-16-9-20-5-4-14(16)17(19)24-18-26-22-10-27-18/h2-5,7-10,23H,1,6H2,(H,21,25)(H2,19,24,26). The Morgan fingerprint density at radius 3 is 3.07 bits per heavy atom. The van der Waals surface area contributed by atoms with Crippen LogP contribution in [-0.2, 0) is 6.42 Å². The molecular weight excluding hydrogens is 344 g/mol. The number of amidine groups is 1. The molecule has 0 unspecified atom stereocenters. The monoisotopic (exact) mass is 360 g/mol. The number of aromatic nitrogens is 5. The van der Waals surface area contributed by atoms with E-state index < -0.39 is 0 Å². The van der Waals surface area contributed by atoms with Crippen molar-refractivity contribution in [2.75, 3.05) is 5.32 Å². The molecule has 0 fully saturated rings. The highest BCUT2D eigenvalue weighted by atomic mass is 16.4. The number of rotatable bonds is 6. The summed E-state index contributed by atoms with van der Waals surface area (Å²) in [6.07, 6.45) is 6.91. The maximum Gasteiger partial charge on any atom is 0.344 e. The lowest BCUT2D eigenvalue weighted by Crippen LogP contribution is -2.16. The van der Waals surface area contributed by atoms with Crippen molar-refractivity contribution in [3.05, 3.63) is 72.7 Å². The third-order valence-corrected chi connectivity index (χ3v) is 3.90. The van der Waals surface area contributed by atoms with Crippen LogP contribution in [0.15, 0.2) is 70.9 Å². The molecule has 0 bridgehead atoms. The van der Waals surface area contributed by atoms with Gasteiger partial charge in [0.25, 0.3) is 0 Å². The van der Waals surface area contributed by atoms with Gasteiger partial charge < -0.3 is 15.5 Å².